The molecule has 2 aliphatic rings. The van der Waals surface area contributed by atoms with Crippen molar-refractivity contribution in [3.05, 3.63) is 21.6 Å². The summed E-state index contributed by atoms with van der Waals surface area (Å²) in [6.07, 6.45) is 2.83. The summed E-state index contributed by atoms with van der Waals surface area (Å²) in [5.74, 6) is 0. The van der Waals surface area contributed by atoms with Crippen LogP contribution in [0, 0.1) is 0 Å². The van der Waals surface area contributed by atoms with Gasteiger partial charge in [-0.25, -0.2) is 4.68 Å². The molecule has 2 fully saturated rings. The van der Waals surface area contributed by atoms with E-state index in [1.54, 1.807) is 13.2 Å². The maximum absolute atomic E-state index is 11.9. The molecule has 0 aromatic carbocycles. The minimum atomic E-state index is -0.223. The lowest BCUT2D eigenvalue weighted by atomic mass is 10.2. The first-order valence-electron chi connectivity index (χ1n) is 8.03. The molecule has 122 valence electrons. The largest absolute Gasteiger partial charge is 0.367 e. The molecule has 3 heterocycles. The van der Waals surface area contributed by atoms with E-state index in [9.17, 15) is 4.79 Å². The SMILES string of the molecule is CCN1CCN(C2CCN(c3cnn(C)c(=O)c3Cl)C2)CC1. The fourth-order valence-corrected chi connectivity index (χ4v) is 3.72. The van der Waals surface area contributed by atoms with Crippen molar-refractivity contribution in [2.24, 2.45) is 7.05 Å². The molecule has 1 aromatic heterocycles. The van der Waals surface area contributed by atoms with Crippen molar-refractivity contribution >= 4 is 17.3 Å². The zero-order valence-corrected chi connectivity index (χ0v) is 14.1. The molecule has 3 rings (SSSR count). The Balaban J connectivity index is 1.66. The molecule has 0 saturated carbocycles. The van der Waals surface area contributed by atoms with Gasteiger partial charge in [0.1, 0.15) is 5.02 Å². The second-order valence-corrected chi connectivity index (χ2v) is 6.51. The smallest absolute Gasteiger partial charge is 0.287 e. The molecule has 22 heavy (non-hydrogen) atoms. The Morgan fingerprint density at radius 3 is 2.68 bits per heavy atom. The van der Waals surface area contributed by atoms with Gasteiger partial charge in [0, 0.05) is 52.4 Å². The number of hydrogen-bond donors (Lipinski definition) is 0. The highest BCUT2D eigenvalue weighted by Crippen LogP contribution is 2.27. The van der Waals surface area contributed by atoms with Crippen molar-refractivity contribution in [1.29, 1.82) is 0 Å². The lowest BCUT2D eigenvalue weighted by Crippen LogP contribution is -2.50. The molecule has 6 nitrogen and oxygen atoms in total. The van der Waals surface area contributed by atoms with Crippen LogP contribution < -0.4 is 10.5 Å². The highest BCUT2D eigenvalue weighted by atomic mass is 35.5. The Bertz CT molecular complexity index is 582. The van der Waals surface area contributed by atoms with Gasteiger partial charge in [0.15, 0.2) is 0 Å². The Morgan fingerprint density at radius 2 is 2.00 bits per heavy atom. The maximum atomic E-state index is 11.9. The minimum absolute atomic E-state index is 0.223. The molecule has 0 amide bonds. The van der Waals surface area contributed by atoms with Gasteiger partial charge in [-0.15, -0.1) is 0 Å². The lowest BCUT2D eigenvalue weighted by Gasteiger charge is -2.37. The van der Waals surface area contributed by atoms with Crippen LogP contribution in [-0.4, -0.2) is 71.4 Å². The van der Waals surface area contributed by atoms with Gasteiger partial charge >= 0.3 is 0 Å². The van der Waals surface area contributed by atoms with E-state index in [-0.39, 0.29) is 10.6 Å². The third kappa shape index (κ3) is 3.00. The van der Waals surface area contributed by atoms with Crippen LogP contribution in [0.25, 0.3) is 0 Å². The van der Waals surface area contributed by atoms with Gasteiger partial charge < -0.3 is 9.80 Å². The molecule has 7 heteroatoms. The lowest BCUT2D eigenvalue weighted by molar-refractivity contribution is 0.107. The van der Waals surface area contributed by atoms with E-state index in [0.29, 0.717) is 6.04 Å². The van der Waals surface area contributed by atoms with Gasteiger partial charge in [0.05, 0.1) is 11.9 Å². The van der Waals surface area contributed by atoms with Crippen molar-refractivity contribution < 1.29 is 0 Å². The quantitative estimate of drug-likeness (QED) is 0.816. The molecule has 2 aliphatic heterocycles. The minimum Gasteiger partial charge on any atom is -0.367 e. The number of nitrogens with zero attached hydrogens (tertiary/aromatic N) is 5. The van der Waals surface area contributed by atoms with Crippen LogP contribution >= 0.6 is 11.6 Å². The van der Waals surface area contributed by atoms with Crippen LogP contribution in [0.3, 0.4) is 0 Å². The molecule has 0 bridgehead atoms. The first-order valence-corrected chi connectivity index (χ1v) is 8.41. The molecule has 1 unspecified atom stereocenters. The van der Waals surface area contributed by atoms with Crippen molar-refractivity contribution in [1.82, 2.24) is 19.6 Å². The standard InChI is InChI=1S/C15H24ClN5O/c1-3-19-6-8-20(9-7-19)12-4-5-21(11-12)13-10-17-18(2)15(22)14(13)16/h10,12H,3-9,11H2,1-2H3. The molecular weight excluding hydrogens is 302 g/mol. The van der Waals surface area contributed by atoms with E-state index < -0.39 is 0 Å². The third-order valence-corrected chi connectivity index (χ3v) is 5.29. The fourth-order valence-electron chi connectivity index (χ4n) is 3.43. The average molecular weight is 326 g/mol. The normalized spacial score (nSPS) is 24.1. The number of anilines is 1. The van der Waals surface area contributed by atoms with Crippen molar-refractivity contribution in [3.63, 3.8) is 0 Å². The average Bonchev–Trinajstić information content (AvgIpc) is 3.02. The summed E-state index contributed by atoms with van der Waals surface area (Å²) in [4.78, 5) is 19.2. The number of likely N-dealkylation sites (N-methyl/N-ethyl adjacent to an activating group) is 1. The fraction of sp³-hybridized carbons (Fsp3) is 0.733. The first-order chi connectivity index (χ1) is 10.6. The van der Waals surface area contributed by atoms with Crippen molar-refractivity contribution in [2.75, 3.05) is 50.7 Å². The zero-order valence-electron chi connectivity index (χ0n) is 13.3. The van der Waals surface area contributed by atoms with E-state index in [1.807, 2.05) is 0 Å². The van der Waals surface area contributed by atoms with Crippen molar-refractivity contribution in [3.8, 4) is 0 Å². The summed E-state index contributed by atoms with van der Waals surface area (Å²) in [6, 6.07) is 0.555. The number of piperazine rings is 1. The Kier molecular flexibility index (Phi) is 4.70. The van der Waals surface area contributed by atoms with Gasteiger partial charge in [-0.05, 0) is 13.0 Å². The van der Waals surface area contributed by atoms with E-state index in [2.05, 4.69) is 26.7 Å². The number of hydrogen-bond acceptors (Lipinski definition) is 5. The van der Waals surface area contributed by atoms with Crippen LogP contribution in [0.2, 0.25) is 5.02 Å². The summed E-state index contributed by atoms with van der Waals surface area (Å²) in [7, 11) is 1.62. The summed E-state index contributed by atoms with van der Waals surface area (Å²) >= 11 is 6.21. The molecule has 2 saturated heterocycles. The molecule has 0 N–H and O–H groups in total. The van der Waals surface area contributed by atoms with E-state index >= 15 is 0 Å². The zero-order chi connectivity index (χ0) is 15.7. The highest BCUT2D eigenvalue weighted by Gasteiger charge is 2.31. The second kappa shape index (κ2) is 6.56. The topological polar surface area (TPSA) is 44.6 Å². The number of aromatic nitrogens is 2. The number of aryl methyl sites for hydroxylation is 1. The van der Waals surface area contributed by atoms with Gasteiger partial charge in [-0.3, -0.25) is 9.69 Å². The summed E-state index contributed by atoms with van der Waals surface area (Å²) in [6.45, 7) is 9.80. The molecule has 0 aliphatic carbocycles. The Morgan fingerprint density at radius 1 is 1.27 bits per heavy atom. The molecule has 1 aromatic rings. The monoisotopic (exact) mass is 325 g/mol. The number of rotatable bonds is 3. The van der Waals surface area contributed by atoms with Crippen LogP contribution in [0.4, 0.5) is 5.69 Å². The van der Waals surface area contributed by atoms with Gasteiger partial charge in [0.25, 0.3) is 5.56 Å². The van der Waals surface area contributed by atoms with E-state index in [4.69, 9.17) is 11.6 Å². The molecular formula is C15H24ClN5O. The third-order valence-electron chi connectivity index (χ3n) is 4.93. The van der Waals surface area contributed by atoms with Gasteiger partial charge in [-0.2, -0.15) is 5.10 Å². The molecule has 0 radical (unpaired) electrons. The van der Waals surface area contributed by atoms with Crippen molar-refractivity contribution in [2.45, 2.75) is 19.4 Å². The number of halogens is 1. The van der Waals surface area contributed by atoms with Gasteiger partial charge in [0.2, 0.25) is 0 Å². The van der Waals surface area contributed by atoms with Crippen LogP contribution in [-0.2, 0) is 7.05 Å². The summed E-state index contributed by atoms with van der Waals surface area (Å²) < 4.78 is 1.28. The Hall–Kier alpha value is -1.11. The maximum Gasteiger partial charge on any atom is 0.287 e. The van der Waals surface area contributed by atoms with E-state index in [0.717, 1.165) is 57.9 Å². The summed E-state index contributed by atoms with van der Waals surface area (Å²) in [5, 5.41) is 4.39. The second-order valence-electron chi connectivity index (χ2n) is 6.13. The highest BCUT2D eigenvalue weighted by molar-refractivity contribution is 6.33. The predicted octanol–water partition coefficient (Wildman–Crippen LogP) is 0.650. The van der Waals surface area contributed by atoms with Crippen LogP contribution in [0.5, 0.6) is 0 Å². The van der Waals surface area contributed by atoms with Crippen LogP contribution in [0.1, 0.15) is 13.3 Å². The first kappa shape index (κ1) is 15.8. The summed E-state index contributed by atoms with van der Waals surface area (Å²) in [5.41, 5.74) is 0.554. The molecule has 1 atom stereocenters. The predicted molar refractivity (Wildman–Crippen MR) is 88.8 cm³/mol. The Labute approximate surface area is 136 Å². The van der Waals surface area contributed by atoms with Gasteiger partial charge in [-0.1, -0.05) is 18.5 Å². The molecule has 0 spiro atoms. The van der Waals surface area contributed by atoms with E-state index in [1.165, 1.54) is 4.68 Å². The van der Waals surface area contributed by atoms with Crippen LogP contribution in [0.15, 0.2) is 11.0 Å².